The highest BCUT2D eigenvalue weighted by molar-refractivity contribution is 5.77. The van der Waals surface area contributed by atoms with Crippen LogP contribution in [-0.2, 0) is 11.2 Å². The van der Waals surface area contributed by atoms with Crippen LogP contribution >= 0.6 is 0 Å². The van der Waals surface area contributed by atoms with Gasteiger partial charge in [0, 0.05) is 19.4 Å². The maximum Gasteiger partial charge on any atom is 0.220 e. The minimum atomic E-state index is 0.0347. The van der Waals surface area contributed by atoms with Crippen LogP contribution in [0.3, 0.4) is 0 Å². The van der Waals surface area contributed by atoms with Gasteiger partial charge in [-0.2, -0.15) is 0 Å². The normalized spacial score (nSPS) is 15.9. The summed E-state index contributed by atoms with van der Waals surface area (Å²) in [4.78, 5) is 22.9. The number of H-pyrrole nitrogens is 1. The summed E-state index contributed by atoms with van der Waals surface area (Å²) in [7, 11) is 0. The second-order valence-electron chi connectivity index (χ2n) is 7.24. The van der Waals surface area contributed by atoms with Crippen molar-refractivity contribution < 1.29 is 4.79 Å². The summed E-state index contributed by atoms with van der Waals surface area (Å²) in [5, 5.41) is 3.24. The van der Waals surface area contributed by atoms with Gasteiger partial charge >= 0.3 is 0 Å². The minimum Gasteiger partial charge on any atom is -0.348 e. The third kappa shape index (κ3) is 4.55. The van der Waals surface area contributed by atoms with Crippen LogP contribution in [0.25, 0.3) is 11.0 Å². The summed E-state index contributed by atoms with van der Waals surface area (Å²) in [6, 6.07) is 18.3. The van der Waals surface area contributed by atoms with E-state index in [9.17, 15) is 4.79 Å². The lowest BCUT2D eigenvalue weighted by atomic mass is 10.1. The number of amides is 1. The van der Waals surface area contributed by atoms with Crippen molar-refractivity contribution in [1.29, 1.82) is 0 Å². The number of hydrogen-bond donors (Lipinski definition) is 2. The maximum absolute atomic E-state index is 12.6. The van der Waals surface area contributed by atoms with Crippen LogP contribution in [0.5, 0.6) is 0 Å². The number of aromatic amines is 1. The molecule has 0 bridgehead atoms. The van der Waals surface area contributed by atoms with E-state index in [-0.39, 0.29) is 11.9 Å². The Labute approximate surface area is 159 Å². The summed E-state index contributed by atoms with van der Waals surface area (Å²) >= 11 is 0. The number of benzene rings is 2. The van der Waals surface area contributed by atoms with Crippen LogP contribution < -0.4 is 5.32 Å². The van der Waals surface area contributed by atoms with Crippen molar-refractivity contribution in [3.05, 3.63) is 66.0 Å². The molecule has 2 N–H and O–H groups in total. The molecular weight excluding hydrogens is 336 g/mol. The van der Waals surface area contributed by atoms with E-state index in [1.807, 2.05) is 42.5 Å². The van der Waals surface area contributed by atoms with Gasteiger partial charge in [0.2, 0.25) is 5.91 Å². The lowest BCUT2D eigenvalue weighted by Crippen LogP contribution is -2.37. The molecule has 27 heavy (non-hydrogen) atoms. The van der Waals surface area contributed by atoms with E-state index in [0.717, 1.165) is 36.5 Å². The molecule has 1 aliphatic heterocycles. The number of aryl methyl sites for hydroxylation is 1. The first kappa shape index (κ1) is 17.7. The predicted octanol–water partition coefficient (Wildman–Crippen LogP) is 3.45. The Balaban J connectivity index is 1.38. The van der Waals surface area contributed by atoms with Gasteiger partial charge < -0.3 is 15.2 Å². The molecule has 1 unspecified atom stereocenters. The van der Waals surface area contributed by atoms with Crippen molar-refractivity contribution in [2.75, 3.05) is 19.6 Å². The van der Waals surface area contributed by atoms with Crippen molar-refractivity contribution in [3.8, 4) is 0 Å². The molecule has 2 heterocycles. The van der Waals surface area contributed by atoms with Gasteiger partial charge in [-0.25, -0.2) is 4.98 Å². The van der Waals surface area contributed by atoms with Crippen molar-refractivity contribution in [3.63, 3.8) is 0 Å². The Morgan fingerprint density at radius 2 is 1.81 bits per heavy atom. The first-order valence-corrected chi connectivity index (χ1v) is 9.78. The number of para-hydroxylation sites is 2. The number of fused-ring (bicyclic) bond motifs is 1. The standard InChI is InChI=1S/C22H26N4O/c27-22(13-12-21-23-18-10-4-5-11-19(18)24-21)25-20(16-26-14-6-7-15-26)17-8-2-1-3-9-17/h1-5,8-11,20H,6-7,12-16H2,(H,23,24)(H,25,27). The fourth-order valence-corrected chi connectivity index (χ4v) is 3.77. The summed E-state index contributed by atoms with van der Waals surface area (Å²) in [5.74, 6) is 0.936. The molecule has 1 aromatic heterocycles. The second kappa shape index (κ2) is 8.35. The molecule has 1 fully saturated rings. The molecule has 0 aliphatic carbocycles. The SMILES string of the molecule is O=C(CCc1nc2ccccc2[nH]1)NC(CN1CCCC1)c1ccccc1. The van der Waals surface area contributed by atoms with E-state index in [1.54, 1.807) is 0 Å². The maximum atomic E-state index is 12.6. The molecule has 1 amide bonds. The highest BCUT2D eigenvalue weighted by Crippen LogP contribution is 2.18. The van der Waals surface area contributed by atoms with Crippen LogP contribution in [0.15, 0.2) is 54.6 Å². The number of hydrogen-bond acceptors (Lipinski definition) is 3. The van der Waals surface area contributed by atoms with Crippen LogP contribution in [0.1, 0.15) is 36.7 Å². The lowest BCUT2D eigenvalue weighted by molar-refractivity contribution is -0.122. The molecule has 1 aliphatic rings. The third-order valence-corrected chi connectivity index (χ3v) is 5.20. The van der Waals surface area contributed by atoms with Gasteiger partial charge in [-0.1, -0.05) is 42.5 Å². The van der Waals surface area contributed by atoms with Crippen molar-refractivity contribution in [1.82, 2.24) is 20.2 Å². The number of likely N-dealkylation sites (tertiary alicyclic amines) is 1. The summed E-state index contributed by atoms with van der Waals surface area (Å²) in [6.07, 6.45) is 3.55. The van der Waals surface area contributed by atoms with Crippen molar-refractivity contribution in [2.24, 2.45) is 0 Å². The Hall–Kier alpha value is -2.66. The molecular formula is C22H26N4O. The Kier molecular flexibility index (Phi) is 5.49. The average molecular weight is 362 g/mol. The molecule has 4 rings (SSSR count). The molecule has 140 valence electrons. The Morgan fingerprint density at radius 1 is 1.07 bits per heavy atom. The fourth-order valence-electron chi connectivity index (χ4n) is 3.77. The molecule has 1 atom stereocenters. The average Bonchev–Trinajstić information content (AvgIpc) is 3.36. The number of rotatable bonds is 7. The topological polar surface area (TPSA) is 61.0 Å². The summed E-state index contributed by atoms with van der Waals surface area (Å²) in [5.41, 5.74) is 3.13. The zero-order valence-electron chi connectivity index (χ0n) is 15.5. The van der Waals surface area contributed by atoms with Crippen LogP contribution in [0.2, 0.25) is 0 Å². The number of carbonyl (C=O) groups is 1. The first-order valence-electron chi connectivity index (χ1n) is 9.78. The number of imidazole rings is 1. The van der Waals surface area contributed by atoms with Gasteiger partial charge in [0.05, 0.1) is 17.1 Å². The first-order chi connectivity index (χ1) is 13.3. The van der Waals surface area contributed by atoms with Crippen LogP contribution in [-0.4, -0.2) is 40.4 Å². The molecule has 1 saturated heterocycles. The molecule has 3 aromatic rings. The molecule has 0 spiro atoms. The highest BCUT2D eigenvalue weighted by atomic mass is 16.1. The highest BCUT2D eigenvalue weighted by Gasteiger charge is 2.20. The lowest BCUT2D eigenvalue weighted by Gasteiger charge is -2.25. The quantitative estimate of drug-likeness (QED) is 0.677. The molecule has 0 radical (unpaired) electrons. The van der Waals surface area contributed by atoms with Crippen LogP contribution in [0.4, 0.5) is 0 Å². The molecule has 5 nitrogen and oxygen atoms in total. The number of nitrogens with zero attached hydrogens (tertiary/aromatic N) is 2. The van der Waals surface area contributed by atoms with E-state index in [1.165, 1.54) is 18.4 Å². The van der Waals surface area contributed by atoms with E-state index in [2.05, 4.69) is 32.3 Å². The molecule has 2 aromatic carbocycles. The molecule has 5 heteroatoms. The Morgan fingerprint density at radius 3 is 2.59 bits per heavy atom. The van der Waals surface area contributed by atoms with Crippen molar-refractivity contribution in [2.45, 2.75) is 31.7 Å². The van der Waals surface area contributed by atoms with E-state index >= 15 is 0 Å². The smallest absolute Gasteiger partial charge is 0.220 e. The number of carbonyl (C=O) groups excluding carboxylic acids is 1. The largest absolute Gasteiger partial charge is 0.348 e. The zero-order chi connectivity index (χ0) is 18.5. The summed E-state index contributed by atoms with van der Waals surface area (Å²) < 4.78 is 0. The second-order valence-corrected chi connectivity index (χ2v) is 7.24. The third-order valence-electron chi connectivity index (χ3n) is 5.20. The van der Waals surface area contributed by atoms with E-state index in [0.29, 0.717) is 12.8 Å². The van der Waals surface area contributed by atoms with E-state index in [4.69, 9.17) is 0 Å². The van der Waals surface area contributed by atoms with Gasteiger partial charge in [-0.05, 0) is 43.6 Å². The Bertz CT molecular complexity index is 850. The van der Waals surface area contributed by atoms with Crippen molar-refractivity contribution >= 4 is 16.9 Å². The predicted molar refractivity (Wildman–Crippen MR) is 107 cm³/mol. The van der Waals surface area contributed by atoms with Gasteiger partial charge in [-0.15, -0.1) is 0 Å². The fraction of sp³-hybridized carbons (Fsp3) is 0.364. The molecule has 0 saturated carbocycles. The van der Waals surface area contributed by atoms with Gasteiger partial charge in [0.1, 0.15) is 5.82 Å². The zero-order valence-corrected chi connectivity index (χ0v) is 15.5. The van der Waals surface area contributed by atoms with Crippen LogP contribution in [0, 0.1) is 0 Å². The minimum absolute atomic E-state index is 0.0347. The number of nitrogens with one attached hydrogen (secondary N) is 2. The van der Waals surface area contributed by atoms with Gasteiger partial charge in [0.25, 0.3) is 0 Å². The monoisotopic (exact) mass is 362 g/mol. The van der Waals surface area contributed by atoms with Gasteiger partial charge in [0.15, 0.2) is 0 Å². The number of aromatic nitrogens is 2. The van der Waals surface area contributed by atoms with Gasteiger partial charge in [-0.3, -0.25) is 4.79 Å². The van der Waals surface area contributed by atoms with E-state index < -0.39 is 0 Å². The summed E-state index contributed by atoms with van der Waals surface area (Å²) in [6.45, 7) is 3.12.